The summed E-state index contributed by atoms with van der Waals surface area (Å²) in [6.07, 6.45) is 6.77. The maximum absolute atomic E-state index is 12.2. The Kier molecular flexibility index (Phi) is 11.5. The highest BCUT2D eigenvalue weighted by molar-refractivity contribution is 5.93. The summed E-state index contributed by atoms with van der Waals surface area (Å²) in [5, 5.41) is 5.41. The highest BCUT2D eigenvalue weighted by atomic mass is 16.2. The number of amides is 2. The Balaban J connectivity index is 1.06. The molecule has 0 saturated heterocycles. The predicted octanol–water partition coefficient (Wildman–Crippen LogP) is 9.24. The number of rotatable bonds is 16. The van der Waals surface area contributed by atoms with Gasteiger partial charge in [-0.3, -0.25) is 9.59 Å². The summed E-state index contributed by atoms with van der Waals surface area (Å²) in [7, 11) is 1.90. The van der Waals surface area contributed by atoms with Gasteiger partial charge in [0.05, 0.1) is 22.1 Å². The van der Waals surface area contributed by atoms with Gasteiger partial charge in [-0.2, -0.15) is 0 Å². The average Bonchev–Trinajstić information content (AvgIpc) is 3.71. The van der Waals surface area contributed by atoms with Crippen molar-refractivity contribution in [3.05, 3.63) is 84.4 Å². The lowest BCUT2D eigenvalue weighted by atomic mass is 9.97. The van der Waals surface area contributed by atoms with Crippen LogP contribution in [0.3, 0.4) is 0 Å². The van der Waals surface area contributed by atoms with Crippen molar-refractivity contribution < 1.29 is 9.59 Å². The molecule has 51 heavy (non-hydrogen) atoms. The molecule has 2 heterocycles. The van der Waals surface area contributed by atoms with Crippen LogP contribution in [0.2, 0.25) is 0 Å². The van der Waals surface area contributed by atoms with Crippen molar-refractivity contribution in [2.24, 2.45) is 11.8 Å². The van der Waals surface area contributed by atoms with Crippen LogP contribution in [0.1, 0.15) is 77.9 Å². The zero-order valence-electron chi connectivity index (χ0n) is 30.8. The topological polar surface area (TPSA) is 107 Å². The fraction of sp³-hybridized carbons (Fsp3) is 0.395. The van der Waals surface area contributed by atoms with E-state index >= 15 is 0 Å². The molecule has 8 heteroatoms. The molecule has 2 aromatic heterocycles. The van der Waals surface area contributed by atoms with E-state index in [4.69, 9.17) is 9.97 Å². The van der Waals surface area contributed by atoms with Crippen molar-refractivity contribution in [2.45, 2.75) is 79.1 Å². The summed E-state index contributed by atoms with van der Waals surface area (Å²) in [6, 6.07) is 26.2. The molecule has 0 aliphatic carbocycles. The van der Waals surface area contributed by atoms with E-state index in [1.54, 1.807) is 0 Å². The van der Waals surface area contributed by atoms with Gasteiger partial charge in [0.25, 0.3) is 0 Å². The van der Waals surface area contributed by atoms with Gasteiger partial charge in [-0.05, 0) is 107 Å². The maximum atomic E-state index is 12.2. The normalized spacial score (nSPS) is 11.7. The minimum atomic E-state index is 0.136. The van der Waals surface area contributed by atoms with E-state index in [0.29, 0.717) is 31.2 Å². The van der Waals surface area contributed by atoms with Gasteiger partial charge in [0.2, 0.25) is 11.8 Å². The van der Waals surface area contributed by atoms with E-state index in [1.165, 1.54) is 21.9 Å². The number of aromatic nitrogens is 4. The van der Waals surface area contributed by atoms with Crippen molar-refractivity contribution in [1.29, 1.82) is 0 Å². The minimum Gasteiger partial charge on any atom is -0.356 e. The van der Waals surface area contributed by atoms with Gasteiger partial charge < -0.3 is 20.2 Å². The van der Waals surface area contributed by atoms with Gasteiger partial charge in [0, 0.05) is 45.8 Å². The van der Waals surface area contributed by atoms with Gasteiger partial charge in [0.1, 0.15) is 11.6 Å². The second kappa shape index (κ2) is 16.4. The van der Waals surface area contributed by atoms with Crippen LogP contribution in [0.4, 0.5) is 0 Å². The predicted molar refractivity (Wildman–Crippen MR) is 210 cm³/mol. The van der Waals surface area contributed by atoms with Crippen LogP contribution < -0.4 is 5.32 Å². The summed E-state index contributed by atoms with van der Waals surface area (Å²) < 4.78 is 0. The molecular formula is C43H52N6O2. The second-order valence-electron chi connectivity index (χ2n) is 14.9. The van der Waals surface area contributed by atoms with E-state index in [0.717, 1.165) is 89.9 Å². The molecule has 6 rings (SSSR count). The van der Waals surface area contributed by atoms with Crippen molar-refractivity contribution in [2.75, 3.05) is 20.1 Å². The maximum Gasteiger partial charge on any atom is 0.222 e. The lowest BCUT2D eigenvalue weighted by Crippen LogP contribution is -2.28. The van der Waals surface area contributed by atoms with Crippen LogP contribution in [0.15, 0.2) is 72.8 Å². The van der Waals surface area contributed by atoms with Gasteiger partial charge in [-0.15, -0.1) is 0 Å². The average molecular weight is 685 g/mol. The zero-order chi connectivity index (χ0) is 35.9. The molecule has 6 aromatic rings. The number of fused-ring (bicyclic) bond motifs is 3. The van der Waals surface area contributed by atoms with E-state index in [-0.39, 0.29) is 11.8 Å². The highest BCUT2D eigenvalue weighted by Gasteiger charge is 2.12. The van der Waals surface area contributed by atoms with E-state index in [2.05, 4.69) is 116 Å². The van der Waals surface area contributed by atoms with Crippen molar-refractivity contribution >= 4 is 44.7 Å². The molecule has 0 saturated carbocycles. The Morgan fingerprint density at radius 2 is 1.14 bits per heavy atom. The molecule has 4 aromatic carbocycles. The van der Waals surface area contributed by atoms with Gasteiger partial charge >= 0.3 is 0 Å². The number of aromatic amines is 2. The van der Waals surface area contributed by atoms with Gasteiger partial charge in [0.15, 0.2) is 0 Å². The lowest BCUT2D eigenvalue weighted by molar-refractivity contribution is -0.130. The van der Waals surface area contributed by atoms with Crippen molar-refractivity contribution in [3.8, 4) is 22.3 Å². The molecule has 0 aliphatic rings. The first-order valence-corrected chi connectivity index (χ1v) is 18.6. The van der Waals surface area contributed by atoms with E-state index < -0.39 is 0 Å². The molecule has 0 atom stereocenters. The molecule has 0 fully saturated rings. The molecule has 0 unspecified atom stereocenters. The van der Waals surface area contributed by atoms with Gasteiger partial charge in [-0.25, -0.2) is 9.97 Å². The van der Waals surface area contributed by atoms with Crippen molar-refractivity contribution in [1.82, 2.24) is 30.2 Å². The number of H-pyrrole nitrogens is 2. The number of hydrogen-bond acceptors (Lipinski definition) is 4. The first-order valence-electron chi connectivity index (χ1n) is 18.6. The summed E-state index contributed by atoms with van der Waals surface area (Å²) in [5.41, 5.74) is 8.70. The van der Waals surface area contributed by atoms with E-state index in [9.17, 15) is 9.59 Å². The number of carbonyl (C=O) groups excluding carboxylic acids is 2. The summed E-state index contributed by atoms with van der Waals surface area (Å²) in [4.78, 5) is 42.6. The monoisotopic (exact) mass is 684 g/mol. The Morgan fingerprint density at radius 3 is 1.67 bits per heavy atom. The van der Waals surface area contributed by atoms with Crippen LogP contribution >= 0.6 is 0 Å². The molecule has 0 radical (unpaired) electrons. The van der Waals surface area contributed by atoms with Crippen LogP contribution in [-0.4, -0.2) is 56.8 Å². The molecular weight excluding hydrogens is 633 g/mol. The molecule has 0 spiro atoms. The largest absolute Gasteiger partial charge is 0.356 e. The third-order valence-electron chi connectivity index (χ3n) is 9.49. The quantitative estimate of drug-likeness (QED) is 0.0884. The Morgan fingerprint density at radius 1 is 0.647 bits per heavy atom. The molecule has 2 amide bonds. The molecule has 3 N–H and O–H groups in total. The fourth-order valence-electron chi connectivity index (χ4n) is 6.69. The van der Waals surface area contributed by atoms with Crippen LogP contribution in [0.25, 0.3) is 55.1 Å². The number of aryl methyl sites for hydroxylation is 2. The van der Waals surface area contributed by atoms with Crippen molar-refractivity contribution in [3.63, 3.8) is 0 Å². The number of carbonyl (C=O) groups is 2. The SMILES string of the molecule is CC(C)CC(=O)NCCCCc1nc2ccc(-c3ccc4cc(-c5ccc6nc(CCCCN(C)C(=O)CC(C)C)[nH]c6c5)ccc4c3)cc2[nH]1. The Labute approximate surface area is 301 Å². The van der Waals surface area contributed by atoms with Crippen LogP contribution in [0, 0.1) is 11.8 Å². The summed E-state index contributed by atoms with van der Waals surface area (Å²) in [5.74, 6) is 3.11. The van der Waals surface area contributed by atoms with Crippen LogP contribution in [0.5, 0.6) is 0 Å². The zero-order valence-corrected chi connectivity index (χ0v) is 30.8. The number of imidazole rings is 2. The third-order valence-corrected chi connectivity index (χ3v) is 9.49. The standard InChI is InChI=1S/C43H52N6O2/c1-28(2)22-42(50)44-20-8-6-10-40-45-36-18-16-34(26-38(36)47-40)32-14-12-31-25-33(15-13-30(31)24-32)35-17-19-37-39(27-35)48-41(46-37)11-7-9-21-49(5)43(51)23-29(3)4/h12-19,24-29H,6-11,20-23H2,1-5H3,(H,44,50)(H,45,47)(H,46,48). The minimum absolute atomic E-state index is 0.136. The number of unbranched alkanes of at least 4 members (excludes halogenated alkanes) is 2. The third kappa shape index (κ3) is 9.43. The molecule has 266 valence electrons. The number of nitrogens with zero attached hydrogens (tertiary/aromatic N) is 3. The summed E-state index contributed by atoms with van der Waals surface area (Å²) in [6.45, 7) is 9.78. The van der Waals surface area contributed by atoms with Crippen LogP contribution in [-0.2, 0) is 22.4 Å². The molecule has 0 aliphatic heterocycles. The number of hydrogen-bond donors (Lipinski definition) is 3. The Hall–Kier alpha value is -4.98. The molecule has 8 nitrogen and oxygen atoms in total. The Bertz CT molecular complexity index is 2120. The number of benzene rings is 4. The molecule has 0 bridgehead atoms. The first-order chi connectivity index (χ1) is 24.6. The summed E-state index contributed by atoms with van der Waals surface area (Å²) >= 11 is 0. The fourth-order valence-corrected chi connectivity index (χ4v) is 6.69. The second-order valence-corrected chi connectivity index (χ2v) is 14.9. The lowest BCUT2D eigenvalue weighted by Gasteiger charge is -2.18. The highest BCUT2D eigenvalue weighted by Crippen LogP contribution is 2.31. The first kappa shape index (κ1) is 35.8. The smallest absolute Gasteiger partial charge is 0.222 e. The van der Waals surface area contributed by atoms with Gasteiger partial charge in [-0.1, -0.05) is 64.1 Å². The number of nitrogens with one attached hydrogen (secondary N) is 3. The van der Waals surface area contributed by atoms with E-state index in [1.807, 2.05) is 11.9 Å².